The summed E-state index contributed by atoms with van der Waals surface area (Å²) in [5, 5.41) is 10.3. The van der Waals surface area contributed by atoms with Gasteiger partial charge >= 0.3 is 0 Å². The number of hydrogen-bond donors (Lipinski definition) is 1. The molecular weight excluding hydrogens is 172 g/mol. The molecule has 1 unspecified atom stereocenters. The Morgan fingerprint density at radius 1 is 1.21 bits per heavy atom. The molecule has 0 aliphatic heterocycles. The summed E-state index contributed by atoms with van der Waals surface area (Å²) in [6.45, 7) is 6.91. The average molecular weight is 196 g/mol. The molecule has 0 spiro atoms. The van der Waals surface area contributed by atoms with Gasteiger partial charge in [-0.25, -0.2) is 0 Å². The summed E-state index contributed by atoms with van der Waals surface area (Å²) < 4.78 is 0. The van der Waals surface area contributed by atoms with Crippen molar-refractivity contribution in [3.63, 3.8) is 0 Å². The highest BCUT2D eigenvalue weighted by Gasteiger charge is 2.53. The molecule has 0 saturated heterocycles. The van der Waals surface area contributed by atoms with Gasteiger partial charge in [0.15, 0.2) is 0 Å². The molecule has 0 heterocycles. The predicted molar refractivity (Wildman–Crippen MR) is 59.1 cm³/mol. The molecule has 3 fully saturated rings. The summed E-state index contributed by atoms with van der Waals surface area (Å²) in [7, 11) is 0. The van der Waals surface area contributed by atoms with Gasteiger partial charge < -0.3 is 5.11 Å². The molecule has 1 nitrogen and oxygen atoms in total. The largest absolute Gasteiger partial charge is 0.393 e. The third kappa shape index (κ3) is 1.25. The monoisotopic (exact) mass is 196 g/mol. The first kappa shape index (κ1) is 10.5. The fraction of sp³-hybridized carbons (Fsp3) is 1.00. The molecule has 3 aliphatic carbocycles. The minimum Gasteiger partial charge on any atom is -0.393 e. The molecule has 0 aromatic rings. The van der Waals surface area contributed by atoms with Crippen LogP contribution in [0.5, 0.6) is 0 Å². The van der Waals surface area contributed by atoms with E-state index >= 15 is 0 Å². The van der Waals surface area contributed by atoms with Gasteiger partial charge in [0.05, 0.1) is 6.10 Å². The van der Waals surface area contributed by atoms with E-state index in [0.29, 0.717) is 10.8 Å². The fourth-order valence-corrected chi connectivity index (χ4v) is 3.79. The van der Waals surface area contributed by atoms with Crippen LogP contribution < -0.4 is 0 Å². The molecule has 3 rings (SSSR count). The lowest BCUT2D eigenvalue weighted by atomic mass is 9.49. The third-order valence-electron chi connectivity index (χ3n) is 5.48. The summed E-state index contributed by atoms with van der Waals surface area (Å²) in [5.74, 6) is 0.743. The van der Waals surface area contributed by atoms with Crippen LogP contribution in [0.1, 0.15) is 59.3 Å². The first-order valence-electron chi connectivity index (χ1n) is 6.23. The Hall–Kier alpha value is -0.0400. The Bertz CT molecular complexity index is 211. The summed E-state index contributed by atoms with van der Waals surface area (Å²) in [6.07, 6.45) is 7.47. The van der Waals surface area contributed by atoms with E-state index in [4.69, 9.17) is 0 Å². The van der Waals surface area contributed by atoms with E-state index < -0.39 is 0 Å². The molecule has 0 aromatic carbocycles. The van der Waals surface area contributed by atoms with Crippen LogP contribution in [-0.2, 0) is 0 Å². The van der Waals surface area contributed by atoms with E-state index in [1.807, 2.05) is 0 Å². The smallest absolute Gasteiger partial charge is 0.0601 e. The topological polar surface area (TPSA) is 20.2 Å². The minimum absolute atomic E-state index is 0.0163. The number of hydrogen-bond acceptors (Lipinski definition) is 1. The van der Waals surface area contributed by atoms with Gasteiger partial charge in [-0.1, -0.05) is 20.8 Å². The number of aliphatic hydroxyl groups excluding tert-OH is 1. The zero-order chi connectivity index (χ0) is 10.4. The maximum atomic E-state index is 10.3. The highest BCUT2D eigenvalue weighted by Crippen LogP contribution is 2.60. The van der Waals surface area contributed by atoms with Crippen molar-refractivity contribution in [1.29, 1.82) is 0 Å². The van der Waals surface area contributed by atoms with Crippen LogP contribution in [0.4, 0.5) is 0 Å². The zero-order valence-electron chi connectivity index (χ0n) is 9.84. The number of fused-ring (bicyclic) bond motifs is 3. The molecule has 1 atom stereocenters. The van der Waals surface area contributed by atoms with Crippen molar-refractivity contribution in [1.82, 2.24) is 0 Å². The lowest BCUT2D eigenvalue weighted by molar-refractivity contribution is -0.134. The highest BCUT2D eigenvalue weighted by atomic mass is 16.3. The van der Waals surface area contributed by atoms with E-state index in [1.54, 1.807) is 0 Å². The van der Waals surface area contributed by atoms with Crippen molar-refractivity contribution >= 4 is 0 Å². The van der Waals surface area contributed by atoms with E-state index in [0.717, 1.165) is 12.3 Å². The van der Waals surface area contributed by atoms with Crippen molar-refractivity contribution < 1.29 is 5.11 Å². The van der Waals surface area contributed by atoms with E-state index in [9.17, 15) is 5.11 Å². The molecule has 1 heteroatoms. The maximum absolute atomic E-state index is 10.3. The molecule has 2 bridgehead atoms. The SMILES string of the molecule is CCC12CCC(C(C)C)(CC1)CC2O. The van der Waals surface area contributed by atoms with Crippen LogP contribution in [0.2, 0.25) is 0 Å². The Balaban J connectivity index is 2.20. The number of rotatable bonds is 2. The second-order valence-corrected chi connectivity index (χ2v) is 5.95. The van der Waals surface area contributed by atoms with Gasteiger partial charge in [0.25, 0.3) is 0 Å². The van der Waals surface area contributed by atoms with Gasteiger partial charge in [-0.15, -0.1) is 0 Å². The molecule has 3 saturated carbocycles. The van der Waals surface area contributed by atoms with E-state index in [2.05, 4.69) is 20.8 Å². The van der Waals surface area contributed by atoms with Crippen LogP contribution in [0.15, 0.2) is 0 Å². The van der Waals surface area contributed by atoms with Gasteiger partial charge in [0.2, 0.25) is 0 Å². The van der Waals surface area contributed by atoms with E-state index in [-0.39, 0.29) is 6.10 Å². The highest BCUT2D eigenvalue weighted by molar-refractivity contribution is 5.04. The standard InChI is InChI=1S/C13H24O/c1-4-12-5-7-13(8-6-12,10(2)3)9-11(12)14/h10-11,14H,4-9H2,1-3H3. The fourth-order valence-electron chi connectivity index (χ4n) is 3.79. The Labute approximate surface area is 87.9 Å². The predicted octanol–water partition coefficient (Wildman–Crippen LogP) is 3.36. The molecule has 1 N–H and O–H groups in total. The van der Waals surface area contributed by atoms with Crippen LogP contribution in [0, 0.1) is 16.7 Å². The summed E-state index contributed by atoms with van der Waals surface area (Å²) in [5.41, 5.74) is 0.785. The second-order valence-electron chi connectivity index (χ2n) is 5.95. The van der Waals surface area contributed by atoms with Crippen LogP contribution in [0.3, 0.4) is 0 Å². The molecule has 3 aliphatic rings. The van der Waals surface area contributed by atoms with Crippen molar-refractivity contribution in [2.24, 2.45) is 16.7 Å². The summed E-state index contributed by atoms with van der Waals surface area (Å²) in [4.78, 5) is 0. The lowest BCUT2D eigenvalue weighted by Crippen LogP contribution is -2.52. The molecule has 0 aromatic heterocycles. The first-order chi connectivity index (χ1) is 6.55. The number of aliphatic hydroxyl groups is 1. The third-order valence-corrected chi connectivity index (χ3v) is 5.48. The molecule has 14 heavy (non-hydrogen) atoms. The van der Waals surface area contributed by atoms with E-state index in [1.165, 1.54) is 32.1 Å². The van der Waals surface area contributed by atoms with Gasteiger partial charge in [-0.3, -0.25) is 0 Å². The molecule has 0 amide bonds. The van der Waals surface area contributed by atoms with Crippen molar-refractivity contribution in [2.75, 3.05) is 0 Å². The second kappa shape index (κ2) is 3.23. The summed E-state index contributed by atoms with van der Waals surface area (Å²) in [6, 6.07) is 0. The van der Waals surface area contributed by atoms with Crippen molar-refractivity contribution in [3.05, 3.63) is 0 Å². The Kier molecular flexibility index (Phi) is 2.42. The average Bonchev–Trinajstić information content (AvgIpc) is 2.19. The molecular formula is C13H24O. The van der Waals surface area contributed by atoms with Crippen LogP contribution in [-0.4, -0.2) is 11.2 Å². The van der Waals surface area contributed by atoms with Gasteiger partial charge in [-0.2, -0.15) is 0 Å². The van der Waals surface area contributed by atoms with Crippen LogP contribution >= 0.6 is 0 Å². The normalized spacial score (nSPS) is 47.4. The molecule has 0 radical (unpaired) electrons. The summed E-state index contributed by atoms with van der Waals surface area (Å²) >= 11 is 0. The first-order valence-corrected chi connectivity index (χ1v) is 6.23. The van der Waals surface area contributed by atoms with Gasteiger partial charge in [0, 0.05) is 0 Å². The quantitative estimate of drug-likeness (QED) is 0.718. The minimum atomic E-state index is -0.0163. The Morgan fingerprint density at radius 3 is 2.14 bits per heavy atom. The maximum Gasteiger partial charge on any atom is 0.0601 e. The van der Waals surface area contributed by atoms with Crippen molar-refractivity contribution in [2.45, 2.75) is 65.4 Å². The van der Waals surface area contributed by atoms with Crippen LogP contribution in [0.25, 0.3) is 0 Å². The van der Waals surface area contributed by atoms with Gasteiger partial charge in [-0.05, 0) is 55.3 Å². The van der Waals surface area contributed by atoms with Crippen molar-refractivity contribution in [3.8, 4) is 0 Å². The molecule has 82 valence electrons. The lowest BCUT2D eigenvalue weighted by Gasteiger charge is -2.58. The Morgan fingerprint density at radius 2 is 1.79 bits per heavy atom. The van der Waals surface area contributed by atoms with Gasteiger partial charge in [0.1, 0.15) is 0 Å². The zero-order valence-corrected chi connectivity index (χ0v) is 9.84.